The minimum absolute atomic E-state index is 0.116. The molecule has 3 heteroatoms. The molecule has 1 amide bonds. The molecule has 132 valence electrons. The van der Waals surface area contributed by atoms with E-state index in [1.165, 1.54) is 32.1 Å². The van der Waals surface area contributed by atoms with Crippen LogP contribution in [0, 0.1) is 11.8 Å². The summed E-state index contributed by atoms with van der Waals surface area (Å²) in [5.41, 5.74) is 0.959. The number of carbonyl (C=O) groups excluding carboxylic acids is 1. The van der Waals surface area contributed by atoms with Gasteiger partial charge in [0, 0.05) is 5.92 Å². The van der Waals surface area contributed by atoms with E-state index in [1.807, 2.05) is 29.2 Å². The number of nitrogens with zero attached hydrogens (tertiary/aromatic N) is 1. The summed E-state index contributed by atoms with van der Waals surface area (Å²) in [7, 11) is 0. The first-order valence-electron chi connectivity index (χ1n) is 9.80. The van der Waals surface area contributed by atoms with E-state index in [0.717, 1.165) is 36.6 Å². The summed E-state index contributed by atoms with van der Waals surface area (Å²) in [4.78, 5) is 15.2. The molecule has 0 spiro atoms. The van der Waals surface area contributed by atoms with Gasteiger partial charge in [-0.05, 0) is 50.2 Å². The smallest absolute Gasteiger partial charge is 0.230 e. The predicted octanol–water partition coefficient (Wildman–Crippen LogP) is 5.19. The summed E-state index contributed by atoms with van der Waals surface area (Å²) in [6.45, 7) is 5.08. The Morgan fingerprint density at radius 1 is 1.17 bits per heavy atom. The van der Waals surface area contributed by atoms with Crippen LogP contribution in [0.3, 0.4) is 0 Å². The van der Waals surface area contributed by atoms with Gasteiger partial charge in [-0.15, -0.1) is 0 Å². The third-order valence-electron chi connectivity index (χ3n) is 5.72. The molecule has 3 nitrogen and oxygen atoms in total. The Morgan fingerprint density at radius 2 is 1.92 bits per heavy atom. The first-order valence-corrected chi connectivity index (χ1v) is 9.80. The molecule has 2 aliphatic rings. The van der Waals surface area contributed by atoms with Crippen LogP contribution in [-0.2, 0) is 4.79 Å². The van der Waals surface area contributed by atoms with E-state index in [0.29, 0.717) is 12.5 Å². The number of anilines is 1. The number of para-hydroxylation sites is 2. The van der Waals surface area contributed by atoms with Crippen molar-refractivity contribution in [2.45, 2.75) is 71.3 Å². The van der Waals surface area contributed by atoms with Crippen LogP contribution in [0.5, 0.6) is 5.75 Å². The van der Waals surface area contributed by atoms with Crippen molar-refractivity contribution in [1.82, 2.24) is 0 Å². The van der Waals surface area contributed by atoms with Crippen molar-refractivity contribution < 1.29 is 9.53 Å². The van der Waals surface area contributed by atoms with Crippen molar-refractivity contribution in [3.8, 4) is 5.75 Å². The molecule has 0 radical (unpaired) electrons. The van der Waals surface area contributed by atoms with E-state index < -0.39 is 0 Å². The van der Waals surface area contributed by atoms with Crippen molar-refractivity contribution in [3.05, 3.63) is 24.3 Å². The number of hydrogen-bond donors (Lipinski definition) is 0. The third kappa shape index (κ3) is 3.76. The second-order valence-corrected chi connectivity index (χ2v) is 7.42. The number of hydrogen-bond acceptors (Lipinski definition) is 2. The lowest BCUT2D eigenvalue weighted by atomic mass is 9.79. The maximum atomic E-state index is 13.2. The van der Waals surface area contributed by atoms with Crippen LogP contribution in [0.2, 0.25) is 0 Å². The molecular formula is C21H31NO2. The lowest BCUT2D eigenvalue weighted by molar-refractivity contribution is -0.124. The number of carbonyl (C=O) groups is 1. The van der Waals surface area contributed by atoms with Gasteiger partial charge >= 0.3 is 0 Å². The van der Waals surface area contributed by atoms with Gasteiger partial charge in [0.1, 0.15) is 11.9 Å². The number of benzene rings is 1. The number of rotatable bonds is 5. The van der Waals surface area contributed by atoms with Crippen LogP contribution >= 0.6 is 0 Å². The highest BCUT2D eigenvalue weighted by atomic mass is 16.5. The molecule has 1 heterocycles. The molecule has 1 atom stereocenters. The number of fused-ring (bicyclic) bond motifs is 1. The fraction of sp³-hybridized carbons (Fsp3) is 0.667. The Kier molecular flexibility index (Phi) is 5.80. The second kappa shape index (κ2) is 8.04. The minimum atomic E-state index is 0.116. The predicted molar refractivity (Wildman–Crippen MR) is 98.5 cm³/mol. The Morgan fingerprint density at radius 3 is 2.62 bits per heavy atom. The lowest BCUT2D eigenvalue weighted by Gasteiger charge is -2.38. The Balaban J connectivity index is 1.67. The van der Waals surface area contributed by atoms with Crippen molar-refractivity contribution in [1.29, 1.82) is 0 Å². The van der Waals surface area contributed by atoms with Gasteiger partial charge in [0.2, 0.25) is 5.91 Å². The summed E-state index contributed by atoms with van der Waals surface area (Å²) in [5, 5.41) is 0. The van der Waals surface area contributed by atoms with Gasteiger partial charge in [0.25, 0.3) is 0 Å². The molecular weight excluding hydrogens is 298 g/mol. The summed E-state index contributed by atoms with van der Waals surface area (Å²) in [5.74, 6) is 2.22. The Hall–Kier alpha value is -1.51. The average molecular weight is 329 g/mol. The van der Waals surface area contributed by atoms with Gasteiger partial charge < -0.3 is 9.64 Å². The average Bonchev–Trinajstić information content (AvgIpc) is 2.65. The van der Waals surface area contributed by atoms with Crippen LogP contribution in [0.15, 0.2) is 24.3 Å². The fourth-order valence-corrected chi connectivity index (χ4v) is 4.13. The van der Waals surface area contributed by atoms with Crippen molar-refractivity contribution in [3.63, 3.8) is 0 Å². The molecule has 1 aromatic carbocycles. The molecule has 1 aliphatic carbocycles. The molecule has 0 bridgehead atoms. The van der Waals surface area contributed by atoms with E-state index >= 15 is 0 Å². The maximum Gasteiger partial charge on any atom is 0.230 e. The van der Waals surface area contributed by atoms with Crippen LogP contribution < -0.4 is 9.64 Å². The fourth-order valence-electron chi connectivity index (χ4n) is 4.13. The third-order valence-corrected chi connectivity index (χ3v) is 5.72. The molecule has 1 fully saturated rings. The monoisotopic (exact) mass is 329 g/mol. The highest BCUT2D eigenvalue weighted by Crippen LogP contribution is 2.38. The SMILES string of the molecule is CCCCC1CCC(C(=O)N2CC(CC)Oc3ccccc32)CC1. The van der Waals surface area contributed by atoms with Gasteiger partial charge in [-0.1, -0.05) is 45.2 Å². The van der Waals surface area contributed by atoms with Crippen molar-refractivity contribution in [2.75, 3.05) is 11.4 Å². The zero-order valence-electron chi connectivity index (χ0n) is 15.2. The van der Waals surface area contributed by atoms with Crippen LogP contribution in [-0.4, -0.2) is 18.6 Å². The molecule has 0 aromatic heterocycles. The highest BCUT2D eigenvalue weighted by molar-refractivity contribution is 5.97. The minimum Gasteiger partial charge on any atom is -0.486 e. The number of amides is 1. The number of ether oxygens (including phenoxy) is 1. The maximum absolute atomic E-state index is 13.2. The number of unbranched alkanes of at least 4 members (excludes halogenated alkanes) is 1. The molecule has 1 aromatic rings. The van der Waals surface area contributed by atoms with Gasteiger partial charge in [0.15, 0.2) is 0 Å². The second-order valence-electron chi connectivity index (χ2n) is 7.42. The first-order chi connectivity index (χ1) is 11.7. The largest absolute Gasteiger partial charge is 0.486 e. The summed E-state index contributed by atoms with van der Waals surface area (Å²) >= 11 is 0. The summed E-state index contributed by atoms with van der Waals surface area (Å²) < 4.78 is 6.02. The quantitative estimate of drug-likeness (QED) is 0.744. The zero-order chi connectivity index (χ0) is 16.9. The van der Waals surface area contributed by atoms with E-state index in [4.69, 9.17) is 4.74 Å². The molecule has 3 rings (SSSR count). The van der Waals surface area contributed by atoms with Gasteiger partial charge in [-0.2, -0.15) is 0 Å². The summed E-state index contributed by atoms with van der Waals surface area (Å²) in [6.07, 6.45) is 9.56. The van der Waals surface area contributed by atoms with E-state index in [-0.39, 0.29) is 12.0 Å². The van der Waals surface area contributed by atoms with Crippen LogP contribution in [0.4, 0.5) is 5.69 Å². The Labute approximate surface area is 146 Å². The van der Waals surface area contributed by atoms with E-state index in [1.54, 1.807) is 0 Å². The van der Waals surface area contributed by atoms with Crippen LogP contribution in [0.25, 0.3) is 0 Å². The normalized spacial score (nSPS) is 26.6. The van der Waals surface area contributed by atoms with E-state index in [2.05, 4.69) is 13.8 Å². The molecule has 0 saturated heterocycles. The summed E-state index contributed by atoms with van der Waals surface area (Å²) in [6, 6.07) is 7.99. The first kappa shape index (κ1) is 17.3. The molecule has 1 saturated carbocycles. The van der Waals surface area contributed by atoms with Crippen molar-refractivity contribution in [2.24, 2.45) is 11.8 Å². The van der Waals surface area contributed by atoms with Gasteiger partial charge in [-0.3, -0.25) is 4.79 Å². The highest BCUT2D eigenvalue weighted by Gasteiger charge is 2.34. The van der Waals surface area contributed by atoms with Gasteiger partial charge in [0.05, 0.1) is 12.2 Å². The van der Waals surface area contributed by atoms with Crippen molar-refractivity contribution >= 4 is 11.6 Å². The van der Waals surface area contributed by atoms with Crippen LogP contribution in [0.1, 0.15) is 65.2 Å². The lowest BCUT2D eigenvalue weighted by Crippen LogP contribution is -2.46. The zero-order valence-corrected chi connectivity index (χ0v) is 15.2. The Bertz CT molecular complexity index is 549. The molecule has 1 aliphatic heterocycles. The molecule has 24 heavy (non-hydrogen) atoms. The molecule has 1 unspecified atom stereocenters. The molecule has 0 N–H and O–H groups in total. The van der Waals surface area contributed by atoms with Gasteiger partial charge in [-0.25, -0.2) is 0 Å². The standard InChI is InChI=1S/C21H31NO2/c1-3-5-8-16-11-13-17(14-12-16)21(23)22-15-18(4-2)24-20-10-7-6-9-19(20)22/h6-7,9-10,16-18H,3-5,8,11-15H2,1-2H3. The van der Waals surface area contributed by atoms with E-state index in [9.17, 15) is 4.79 Å². The topological polar surface area (TPSA) is 29.5 Å².